The Morgan fingerprint density at radius 3 is 2.65 bits per heavy atom. The fourth-order valence-electron chi connectivity index (χ4n) is 4.72. The van der Waals surface area contributed by atoms with Crippen LogP contribution in [0.2, 0.25) is 0 Å². The fraction of sp³-hybridized carbons (Fsp3) is 0.947. The summed E-state index contributed by atoms with van der Waals surface area (Å²) in [7, 11) is 0. The molecule has 23 heavy (non-hydrogen) atoms. The van der Waals surface area contributed by atoms with Crippen LogP contribution in [0.4, 0.5) is 0 Å². The van der Waals surface area contributed by atoms with Gasteiger partial charge in [0.25, 0.3) is 0 Å². The van der Waals surface area contributed by atoms with Crippen molar-refractivity contribution in [2.75, 3.05) is 39.3 Å². The number of likely N-dealkylation sites (tertiary alicyclic amines) is 2. The molecule has 3 saturated heterocycles. The largest absolute Gasteiger partial charge is 0.338 e. The monoisotopic (exact) mass is 321 g/mol. The number of nitrogens with one attached hydrogen (secondary N) is 1. The minimum absolute atomic E-state index is 0.419. The summed E-state index contributed by atoms with van der Waals surface area (Å²) >= 11 is 0. The molecule has 0 aliphatic carbocycles. The highest BCUT2D eigenvalue weighted by Crippen LogP contribution is 2.26. The van der Waals surface area contributed by atoms with E-state index >= 15 is 0 Å². The van der Waals surface area contributed by atoms with Crippen LogP contribution in [0.15, 0.2) is 0 Å². The molecular weight excluding hydrogens is 286 g/mol. The molecule has 0 radical (unpaired) electrons. The van der Waals surface area contributed by atoms with Crippen molar-refractivity contribution in [1.29, 1.82) is 0 Å². The Morgan fingerprint density at radius 1 is 1.09 bits per heavy atom. The van der Waals surface area contributed by atoms with E-state index in [2.05, 4.69) is 22.0 Å². The van der Waals surface area contributed by atoms with Gasteiger partial charge < -0.3 is 15.1 Å². The van der Waals surface area contributed by atoms with Gasteiger partial charge in [-0.1, -0.05) is 13.3 Å². The molecule has 3 aliphatic rings. The van der Waals surface area contributed by atoms with Crippen molar-refractivity contribution in [3.05, 3.63) is 0 Å². The molecule has 4 heteroatoms. The lowest BCUT2D eigenvalue weighted by Crippen LogP contribution is -2.45. The van der Waals surface area contributed by atoms with Crippen molar-refractivity contribution < 1.29 is 4.79 Å². The van der Waals surface area contributed by atoms with Gasteiger partial charge in [0.2, 0.25) is 5.91 Å². The second kappa shape index (κ2) is 8.48. The third-order valence-corrected chi connectivity index (χ3v) is 6.25. The van der Waals surface area contributed by atoms with E-state index in [1.165, 1.54) is 58.0 Å². The van der Waals surface area contributed by atoms with E-state index in [1.807, 2.05) is 0 Å². The zero-order valence-corrected chi connectivity index (χ0v) is 14.9. The van der Waals surface area contributed by atoms with Gasteiger partial charge in [-0.15, -0.1) is 0 Å². The van der Waals surface area contributed by atoms with Crippen molar-refractivity contribution in [3.8, 4) is 0 Å². The van der Waals surface area contributed by atoms with Gasteiger partial charge in [-0.05, 0) is 76.5 Å². The zero-order chi connectivity index (χ0) is 16.1. The standard InChI is InChI=1S/C19H35N3O/c1-16(17-7-5-9-20-14-17)13-19(23)22-12-6-8-18(22)15-21-10-3-2-4-11-21/h16-18,20H,2-15H2,1H3. The molecule has 0 bridgehead atoms. The Hall–Kier alpha value is -0.610. The van der Waals surface area contributed by atoms with E-state index < -0.39 is 0 Å². The molecule has 1 N–H and O–H groups in total. The molecule has 0 aromatic rings. The van der Waals surface area contributed by atoms with Gasteiger partial charge in [0.1, 0.15) is 0 Å². The maximum absolute atomic E-state index is 12.8. The summed E-state index contributed by atoms with van der Waals surface area (Å²) in [5, 5.41) is 3.49. The third-order valence-electron chi connectivity index (χ3n) is 6.25. The molecule has 0 saturated carbocycles. The summed E-state index contributed by atoms with van der Waals surface area (Å²) in [4.78, 5) is 17.7. The minimum Gasteiger partial charge on any atom is -0.338 e. The molecule has 3 fully saturated rings. The smallest absolute Gasteiger partial charge is 0.223 e. The molecule has 0 aromatic heterocycles. The number of nitrogens with zero attached hydrogens (tertiary/aromatic N) is 2. The number of rotatable bonds is 5. The number of amides is 1. The molecular formula is C19H35N3O. The Labute approximate surface area is 142 Å². The Balaban J connectivity index is 1.48. The quantitative estimate of drug-likeness (QED) is 0.845. The maximum atomic E-state index is 12.8. The second-order valence-electron chi connectivity index (χ2n) is 8.03. The SMILES string of the molecule is CC(CC(=O)N1CCCC1CN1CCCCC1)C1CCCNC1. The van der Waals surface area contributed by atoms with E-state index in [-0.39, 0.29) is 0 Å². The number of carbonyl (C=O) groups excluding carboxylic acids is 1. The topological polar surface area (TPSA) is 35.6 Å². The highest BCUT2D eigenvalue weighted by Gasteiger charge is 2.32. The summed E-state index contributed by atoms with van der Waals surface area (Å²) in [5.41, 5.74) is 0. The average Bonchev–Trinajstić information content (AvgIpc) is 3.05. The van der Waals surface area contributed by atoms with Crippen LogP contribution >= 0.6 is 0 Å². The molecule has 1 amide bonds. The summed E-state index contributed by atoms with van der Waals surface area (Å²) in [5.74, 6) is 1.63. The highest BCUT2D eigenvalue weighted by molar-refractivity contribution is 5.77. The Kier molecular flexibility index (Phi) is 6.35. The molecule has 0 spiro atoms. The molecule has 4 nitrogen and oxygen atoms in total. The molecule has 132 valence electrons. The van der Waals surface area contributed by atoms with E-state index in [4.69, 9.17) is 0 Å². The second-order valence-corrected chi connectivity index (χ2v) is 8.03. The molecule has 3 unspecified atom stereocenters. The van der Waals surface area contributed by atoms with Gasteiger partial charge in [0, 0.05) is 25.6 Å². The number of carbonyl (C=O) groups is 1. The van der Waals surface area contributed by atoms with Crippen molar-refractivity contribution in [3.63, 3.8) is 0 Å². The molecule has 3 heterocycles. The van der Waals surface area contributed by atoms with Crippen LogP contribution in [-0.2, 0) is 4.79 Å². The Morgan fingerprint density at radius 2 is 1.91 bits per heavy atom. The van der Waals surface area contributed by atoms with Gasteiger partial charge in [0.05, 0.1) is 0 Å². The Bertz CT molecular complexity index is 375. The van der Waals surface area contributed by atoms with Crippen molar-refractivity contribution in [1.82, 2.24) is 15.1 Å². The lowest BCUT2D eigenvalue weighted by atomic mass is 9.85. The first-order valence-electron chi connectivity index (χ1n) is 9.96. The van der Waals surface area contributed by atoms with E-state index in [0.717, 1.165) is 32.6 Å². The molecule has 3 rings (SSSR count). The van der Waals surface area contributed by atoms with Gasteiger partial charge in [-0.2, -0.15) is 0 Å². The summed E-state index contributed by atoms with van der Waals surface area (Å²) in [6.45, 7) is 9.13. The van der Waals surface area contributed by atoms with E-state index in [9.17, 15) is 4.79 Å². The van der Waals surface area contributed by atoms with Gasteiger partial charge in [-0.3, -0.25) is 4.79 Å². The van der Waals surface area contributed by atoms with Gasteiger partial charge in [0.15, 0.2) is 0 Å². The first-order valence-corrected chi connectivity index (χ1v) is 9.96. The highest BCUT2D eigenvalue weighted by atomic mass is 16.2. The summed E-state index contributed by atoms with van der Waals surface area (Å²) < 4.78 is 0. The van der Waals surface area contributed by atoms with Crippen LogP contribution in [0.5, 0.6) is 0 Å². The van der Waals surface area contributed by atoms with Crippen LogP contribution < -0.4 is 5.32 Å². The van der Waals surface area contributed by atoms with Crippen LogP contribution in [0.25, 0.3) is 0 Å². The first kappa shape index (κ1) is 17.2. The number of piperidine rings is 2. The molecule has 3 aliphatic heterocycles. The maximum Gasteiger partial charge on any atom is 0.223 e. The van der Waals surface area contributed by atoms with E-state index in [0.29, 0.717) is 23.8 Å². The molecule has 0 aromatic carbocycles. The third kappa shape index (κ3) is 4.69. The van der Waals surface area contributed by atoms with Crippen molar-refractivity contribution in [2.45, 2.75) is 64.3 Å². The molecule has 3 atom stereocenters. The number of hydrogen-bond acceptors (Lipinski definition) is 3. The minimum atomic E-state index is 0.419. The summed E-state index contributed by atoms with van der Waals surface area (Å²) in [6, 6.07) is 0.484. The predicted octanol–water partition coefficient (Wildman–Crippen LogP) is 2.49. The van der Waals surface area contributed by atoms with Crippen LogP contribution in [-0.4, -0.2) is 61.0 Å². The number of hydrogen-bond donors (Lipinski definition) is 1. The van der Waals surface area contributed by atoms with Gasteiger partial charge >= 0.3 is 0 Å². The van der Waals surface area contributed by atoms with Crippen molar-refractivity contribution in [2.24, 2.45) is 11.8 Å². The van der Waals surface area contributed by atoms with Crippen LogP contribution in [0, 0.1) is 11.8 Å². The van der Waals surface area contributed by atoms with E-state index in [1.54, 1.807) is 0 Å². The normalized spacial score (nSPS) is 31.3. The van der Waals surface area contributed by atoms with Gasteiger partial charge in [-0.25, -0.2) is 0 Å². The van der Waals surface area contributed by atoms with Crippen molar-refractivity contribution >= 4 is 5.91 Å². The predicted molar refractivity (Wildman–Crippen MR) is 94.4 cm³/mol. The fourth-order valence-corrected chi connectivity index (χ4v) is 4.72. The lowest BCUT2D eigenvalue weighted by Gasteiger charge is -2.34. The zero-order valence-electron chi connectivity index (χ0n) is 14.9. The average molecular weight is 322 g/mol. The van der Waals surface area contributed by atoms with Crippen LogP contribution in [0.3, 0.4) is 0 Å². The lowest BCUT2D eigenvalue weighted by molar-refractivity contribution is -0.133. The van der Waals surface area contributed by atoms with Crippen LogP contribution in [0.1, 0.15) is 58.3 Å². The first-order chi connectivity index (χ1) is 11.2. The summed E-state index contributed by atoms with van der Waals surface area (Å²) in [6.07, 6.45) is 9.78.